The molecule has 0 saturated carbocycles. The summed E-state index contributed by atoms with van der Waals surface area (Å²) in [5.74, 6) is -0.215. The molecule has 0 heterocycles. The maximum Gasteiger partial charge on any atom is 0.326 e. The average molecular weight is 495 g/mol. The number of hydrogen-bond donors (Lipinski definition) is 3. The molecule has 0 amide bonds. The molecule has 0 radical (unpaired) electrons. The first-order valence-corrected chi connectivity index (χ1v) is 12.1. The van der Waals surface area contributed by atoms with Crippen LogP contribution in [-0.4, -0.2) is 30.3 Å². The number of rotatable bonds is 13. The van der Waals surface area contributed by atoms with E-state index in [1.54, 1.807) is 0 Å². The van der Waals surface area contributed by atoms with Crippen LogP contribution in [0.15, 0.2) is 116 Å². The van der Waals surface area contributed by atoms with E-state index in [9.17, 15) is 9.90 Å². The summed E-state index contributed by atoms with van der Waals surface area (Å²) < 4.78 is 5.73. The Morgan fingerprint density at radius 3 is 2.05 bits per heavy atom. The van der Waals surface area contributed by atoms with Crippen molar-refractivity contribution >= 4 is 17.4 Å². The van der Waals surface area contributed by atoms with Crippen LogP contribution in [0.1, 0.15) is 11.1 Å². The van der Waals surface area contributed by atoms with Crippen molar-refractivity contribution in [3.05, 3.63) is 127 Å². The predicted molar refractivity (Wildman–Crippen MR) is 147 cm³/mol. The largest absolute Gasteiger partial charge is 0.491 e. The minimum absolute atomic E-state index is 0.324. The Bertz CT molecular complexity index is 1270. The third kappa shape index (κ3) is 7.72. The number of aliphatic carboxylic acids is 1. The Morgan fingerprint density at radius 1 is 0.784 bits per heavy atom. The summed E-state index contributed by atoms with van der Waals surface area (Å²) in [7, 11) is 0. The minimum atomic E-state index is -0.900. The highest BCUT2D eigenvalue weighted by Crippen LogP contribution is 2.21. The van der Waals surface area contributed by atoms with Gasteiger partial charge >= 0.3 is 5.97 Å². The number of ether oxygens (including phenoxy) is 1. The zero-order chi connectivity index (χ0) is 25.9. The standard InChI is InChI=1S/C31H30N2O4/c1-23(25-14-16-27(17-15-25)26-8-4-2-5-9-26)33-37-21-20-36-29-18-12-24(13-19-29)22-30(31(34)35)32-28-10-6-3-7-11-28/h2-19,30,32-33H,1,20-22H2,(H,34,35). The molecule has 4 aromatic carbocycles. The molecule has 1 atom stereocenters. The van der Waals surface area contributed by atoms with Gasteiger partial charge in [0.1, 0.15) is 25.0 Å². The van der Waals surface area contributed by atoms with Crippen molar-refractivity contribution in [2.24, 2.45) is 0 Å². The Kier molecular flexibility index (Phi) is 8.94. The van der Waals surface area contributed by atoms with Gasteiger partial charge in [0, 0.05) is 12.1 Å². The molecule has 0 aliphatic heterocycles. The monoisotopic (exact) mass is 494 g/mol. The van der Waals surface area contributed by atoms with Gasteiger partial charge in [-0.2, -0.15) is 0 Å². The van der Waals surface area contributed by atoms with E-state index in [4.69, 9.17) is 9.57 Å². The lowest BCUT2D eigenvalue weighted by Crippen LogP contribution is -2.31. The topological polar surface area (TPSA) is 79.8 Å². The highest BCUT2D eigenvalue weighted by Gasteiger charge is 2.17. The van der Waals surface area contributed by atoms with Crippen LogP contribution in [0.3, 0.4) is 0 Å². The maximum atomic E-state index is 11.7. The summed E-state index contributed by atoms with van der Waals surface area (Å²) in [6.45, 7) is 4.70. The van der Waals surface area contributed by atoms with E-state index in [0.717, 1.165) is 22.4 Å². The van der Waals surface area contributed by atoms with Gasteiger partial charge in [0.15, 0.2) is 0 Å². The van der Waals surface area contributed by atoms with E-state index >= 15 is 0 Å². The molecule has 1 unspecified atom stereocenters. The van der Waals surface area contributed by atoms with Crippen LogP contribution in [0, 0.1) is 0 Å². The van der Waals surface area contributed by atoms with Gasteiger partial charge in [0.25, 0.3) is 0 Å². The molecular formula is C31H30N2O4. The Labute approximate surface area is 217 Å². The molecular weight excluding hydrogens is 464 g/mol. The van der Waals surface area contributed by atoms with Crippen molar-refractivity contribution in [2.45, 2.75) is 12.5 Å². The van der Waals surface area contributed by atoms with Gasteiger partial charge in [-0.05, 0) is 46.5 Å². The van der Waals surface area contributed by atoms with Crippen LogP contribution in [0.2, 0.25) is 0 Å². The molecule has 0 aromatic heterocycles. The Morgan fingerprint density at radius 2 is 1.41 bits per heavy atom. The molecule has 4 rings (SSSR count). The number of anilines is 1. The molecule has 6 nitrogen and oxygen atoms in total. The first kappa shape index (κ1) is 25.5. The van der Waals surface area contributed by atoms with E-state index in [1.165, 1.54) is 5.56 Å². The lowest BCUT2D eigenvalue weighted by atomic mass is 10.0. The quantitative estimate of drug-likeness (QED) is 0.156. The van der Waals surface area contributed by atoms with E-state index in [2.05, 4.69) is 41.6 Å². The van der Waals surface area contributed by atoms with Crippen molar-refractivity contribution in [2.75, 3.05) is 18.5 Å². The van der Waals surface area contributed by atoms with Crippen LogP contribution in [0.4, 0.5) is 5.69 Å². The van der Waals surface area contributed by atoms with E-state index in [1.807, 2.05) is 84.9 Å². The fourth-order valence-electron chi connectivity index (χ4n) is 3.79. The summed E-state index contributed by atoms with van der Waals surface area (Å²) in [4.78, 5) is 17.2. The van der Waals surface area contributed by atoms with Crippen molar-refractivity contribution in [1.82, 2.24) is 5.48 Å². The number of benzene rings is 4. The number of hydroxylamine groups is 1. The van der Waals surface area contributed by atoms with E-state index < -0.39 is 12.0 Å². The average Bonchev–Trinajstić information content (AvgIpc) is 2.94. The third-order valence-corrected chi connectivity index (χ3v) is 5.77. The zero-order valence-corrected chi connectivity index (χ0v) is 20.5. The van der Waals surface area contributed by atoms with Crippen molar-refractivity contribution in [1.29, 1.82) is 0 Å². The molecule has 4 aromatic rings. The van der Waals surface area contributed by atoms with Crippen molar-refractivity contribution in [3.63, 3.8) is 0 Å². The molecule has 0 saturated heterocycles. The first-order valence-electron chi connectivity index (χ1n) is 12.1. The molecule has 0 bridgehead atoms. The molecule has 0 spiro atoms. The van der Waals surface area contributed by atoms with Crippen LogP contribution in [0.5, 0.6) is 5.75 Å². The van der Waals surface area contributed by atoms with Gasteiger partial charge in [-0.1, -0.05) is 91.5 Å². The minimum Gasteiger partial charge on any atom is -0.491 e. The van der Waals surface area contributed by atoms with Crippen LogP contribution in [-0.2, 0) is 16.1 Å². The van der Waals surface area contributed by atoms with E-state index in [-0.39, 0.29) is 0 Å². The van der Waals surface area contributed by atoms with Gasteiger partial charge in [-0.25, -0.2) is 4.79 Å². The molecule has 0 aliphatic carbocycles. The smallest absolute Gasteiger partial charge is 0.326 e. The second-order valence-electron chi connectivity index (χ2n) is 8.47. The van der Waals surface area contributed by atoms with Crippen LogP contribution in [0.25, 0.3) is 16.8 Å². The summed E-state index contributed by atoms with van der Waals surface area (Å²) >= 11 is 0. The summed E-state index contributed by atoms with van der Waals surface area (Å²) in [5, 5.41) is 12.6. The van der Waals surface area contributed by atoms with E-state index in [0.29, 0.717) is 31.1 Å². The maximum absolute atomic E-state index is 11.7. The number of carboxylic acid groups (broad SMARTS) is 1. The fourth-order valence-corrected chi connectivity index (χ4v) is 3.79. The van der Waals surface area contributed by atoms with Crippen LogP contribution >= 0.6 is 0 Å². The van der Waals surface area contributed by atoms with Gasteiger partial charge in [-0.15, -0.1) is 0 Å². The number of para-hydroxylation sites is 1. The molecule has 37 heavy (non-hydrogen) atoms. The fraction of sp³-hybridized carbons (Fsp3) is 0.129. The SMILES string of the molecule is C=C(NOCCOc1ccc(CC(Nc2ccccc2)C(=O)O)cc1)c1ccc(-c2ccccc2)cc1. The van der Waals surface area contributed by atoms with Gasteiger partial charge < -0.3 is 15.2 Å². The first-order chi connectivity index (χ1) is 18.1. The number of nitrogens with one attached hydrogen (secondary N) is 2. The lowest BCUT2D eigenvalue weighted by Gasteiger charge is -2.16. The van der Waals surface area contributed by atoms with Crippen LogP contribution < -0.4 is 15.5 Å². The molecule has 0 aliphatic rings. The molecule has 188 valence electrons. The number of carboxylic acids is 1. The molecule has 3 N–H and O–H groups in total. The number of hydrogen-bond acceptors (Lipinski definition) is 5. The summed E-state index contributed by atoms with van der Waals surface area (Å²) in [6.07, 6.45) is 0.353. The second-order valence-corrected chi connectivity index (χ2v) is 8.47. The molecule has 6 heteroatoms. The Hall–Kier alpha value is -4.55. The highest BCUT2D eigenvalue weighted by molar-refractivity contribution is 5.77. The predicted octanol–water partition coefficient (Wildman–Crippen LogP) is 6.03. The highest BCUT2D eigenvalue weighted by atomic mass is 16.7. The van der Waals surface area contributed by atoms with Crippen molar-refractivity contribution < 1.29 is 19.5 Å². The van der Waals surface area contributed by atoms with Crippen molar-refractivity contribution in [3.8, 4) is 16.9 Å². The Balaban J connectivity index is 1.18. The second kappa shape index (κ2) is 13.0. The summed E-state index contributed by atoms with van der Waals surface area (Å²) in [6, 6.07) is 34.3. The van der Waals surface area contributed by atoms with Gasteiger partial charge in [0.2, 0.25) is 0 Å². The summed E-state index contributed by atoms with van der Waals surface area (Å²) in [5.41, 5.74) is 8.46. The normalized spacial score (nSPS) is 11.4. The lowest BCUT2D eigenvalue weighted by molar-refractivity contribution is -0.137. The van der Waals surface area contributed by atoms with Gasteiger partial charge in [0.05, 0.1) is 5.70 Å². The zero-order valence-electron chi connectivity index (χ0n) is 20.5. The molecule has 0 fully saturated rings. The third-order valence-electron chi connectivity index (χ3n) is 5.77. The number of carbonyl (C=O) groups is 1. The van der Waals surface area contributed by atoms with Gasteiger partial charge in [-0.3, -0.25) is 10.3 Å².